The summed E-state index contributed by atoms with van der Waals surface area (Å²) in [6.45, 7) is 1.87. The van der Waals surface area contributed by atoms with Crippen LogP contribution in [0.15, 0.2) is 42.6 Å². The molecule has 18 heavy (non-hydrogen) atoms. The number of nitrogens with one attached hydrogen (secondary N) is 1. The van der Waals surface area contributed by atoms with Gasteiger partial charge in [0.25, 0.3) is 0 Å². The van der Waals surface area contributed by atoms with E-state index in [2.05, 4.69) is 40.3 Å². The van der Waals surface area contributed by atoms with Gasteiger partial charge in [-0.25, -0.2) is 0 Å². The number of hydrogen-bond donors (Lipinski definition) is 1. The van der Waals surface area contributed by atoms with Crippen molar-refractivity contribution in [1.82, 2.24) is 9.88 Å². The molecule has 0 radical (unpaired) electrons. The van der Waals surface area contributed by atoms with Crippen LogP contribution < -0.4 is 5.32 Å². The summed E-state index contributed by atoms with van der Waals surface area (Å²) < 4.78 is 2.29. The Balaban J connectivity index is 1.67. The van der Waals surface area contributed by atoms with Crippen LogP contribution in [0.5, 0.6) is 0 Å². The van der Waals surface area contributed by atoms with Crippen molar-refractivity contribution >= 4 is 11.6 Å². The van der Waals surface area contributed by atoms with E-state index in [0.717, 1.165) is 24.2 Å². The molecule has 1 aromatic heterocycles. The van der Waals surface area contributed by atoms with Crippen molar-refractivity contribution in [2.75, 3.05) is 0 Å². The Bertz CT molecular complexity index is 512. The fourth-order valence-corrected chi connectivity index (χ4v) is 2.21. The van der Waals surface area contributed by atoms with E-state index in [1.165, 1.54) is 24.1 Å². The van der Waals surface area contributed by atoms with E-state index >= 15 is 0 Å². The second-order valence-electron chi connectivity index (χ2n) is 4.91. The van der Waals surface area contributed by atoms with Gasteiger partial charge in [-0.3, -0.25) is 0 Å². The van der Waals surface area contributed by atoms with Crippen LogP contribution in [0.3, 0.4) is 0 Å². The minimum absolute atomic E-state index is 0.754. The minimum Gasteiger partial charge on any atom is -0.346 e. The van der Waals surface area contributed by atoms with Crippen molar-refractivity contribution in [3.8, 4) is 0 Å². The molecule has 2 aromatic rings. The fraction of sp³-hybridized carbons (Fsp3) is 0.333. The zero-order chi connectivity index (χ0) is 12.4. The van der Waals surface area contributed by atoms with Crippen LogP contribution in [-0.4, -0.2) is 10.6 Å². The summed E-state index contributed by atoms with van der Waals surface area (Å²) in [6.07, 6.45) is 4.80. The molecule has 94 valence electrons. The highest BCUT2D eigenvalue weighted by Crippen LogP contribution is 2.19. The third-order valence-corrected chi connectivity index (χ3v) is 3.59. The summed E-state index contributed by atoms with van der Waals surface area (Å²) in [7, 11) is 0. The average molecular weight is 261 g/mol. The lowest BCUT2D eigenvalue weighted by Gasteiger charge is -2.10. The van der Waals surface area contributed by atoms with E-state index in [-0.39, 0.29) is 0 Å². The number of nitrogens with zero attached hydrogens (tertiary/aromatic N) is 1. The van der Waals surface area contributed by atoms with Crippen LogP contribution in [0.1, 0.15) is 24.1 Å². The molecule has 1 aliphatic carbocycles. The van der Waals surface area contributed by atoms with Gasteiger partial charge in [0.2, 0.25) is 0 Å². The van der Waals surface area contributed by atoms with E-state index in [9.17, 15) is 0 Å². The monoisotopic (exact) mass is 260 g/mol. The van der Waals surface area contributed by atoms with E-state index in [1.807, 2.05) is 12.1 Å². The second kappa shape index (κ2) is 5.17. The van der Waals surface area contributed by atoms with Crippen molar-refractivity contribution in [2.45, 2.75) is 32.0 Å². The lowest BCUT2D eigenvalue weighted by molar-refractivity contribution is 0.634. The first-order valence-electron chi connectivity index (χ1n) is 6.43. The molecule has 0 amide bonds. The van der Waals surface area contributed by atoms with Gasteiger partial charge in [-0.15, -0.1) is 0 Å². The van der Waals surface area contributed by atoms with E-state index < -0.39 is 0 Å². The van der Waals surface area contributed by atoms with Crippen LogP contribution in [0.25, 0.3) is 0 Å². The number of hydrogen-bond acceptors (Lipinski definition) is 1. The van der Waals surface area contributed by atoms with Gasteiger partial charge in [-0.2, -0.15) is 0 Å². The Kier molecular flexibility index (Phi) is 3.39. The molecule has 0 saturated heterocycles. The molecule has 0 spiro atoms. The van der Waals surface area contributed by atoms with E-state index in [4.69, 9.17) is 11.6 Å². The van der Waals surface area contributed by atoms with Crippen molar-refractivity contribution in [3.63, 3.8) is 0 Å². The van der Waals surface area contributed by atoms with Crippen LogP contribution in [0.4, 0.5) is 0 Å². The maximum absolute atomic E-state index is 5.90. The Morgan fingerprint density at radius 1 is 1.17 bits per heavy atom. The average Bonchev–Trinajstić information content (AvgIpc) is 3.11. The third-order valence-electron chi connectivity index (χ3n) is 3.34. The SMILES string of the molecule is Clc1ccc(Cn2cccc2CNC2CC2)cc1. The number of rotatable bonds is 5. The van der Waals surface area contributed by atoms with Crippen LogP contribution in [0.2, 0.25) is 5.02 Å². The fourth-order valence-electron chi connectivity index (χ4n) is 2.09. The molecule has 1 aliphatic rings. The summed E-state index contributed by atoms with van der Waals surface area (Å²) in [6, 6.07) is 13.1. The molecular formula is C15H17ClN2. The first-order valence-corrected chi connectivity index (χ1v) is 6.81. The first-order chi connectivity index (χ1) is 8.81. The van der Waals surface area contributed by atoms with Gasteiger partial charge in [0.1, 0.15) is 0 Å². The topological polar surface area (TPSA) is 17.0 Å². The molecular weight excluding hydrogens is 244 g/mol. The zero-order valence-corrected chi connectivity index (χ0v) is 11.0. The molecule has 0 unspecified atom stereocenters. The normalized spacial score (nSPS) is 14.9. The zero-order valence-electron chi connectivity index (χ0n) is 10.3. The molecule has 1 aromatic carbocycles. The van der Waals surface area contributed by atoms with Gasteiger partial charge in [0, 0.05) is 36.0 Å². The molecule has 1 heterocycles. The van der Waals surface area contributed by atoms with Gasteiger partial charge in [-0.1, -0.05) is 23.7 Å². The predicted octanol–water partition coefficient (Wildman–Crippen LogP) is 3.44. The number of benzene rings is 1. The largest absolute Gasteiger partial charge is 0.346 e. The smallest absolute Gasteiger partial charge is 0.0473 e. The Labute approximate surface area is 113 Å². The highest BCUT2D eigenvalue weighted by molar-refractivity contribution is 6.30. The van der Waals surface area contributed by atoms with Gasteiger partial charge in [0.15, 0.2) is 0 Å². The summed E-state index contributed by atoms with van der Waals surface area (Å²) in [5.74, 6) is 0. The minimum atomic E-state index is 0.754. The number of halogens is 1. The maximum atomic E-state index is 5.90. The van der Waals surface area contributed by atoms with Gasteiger partial charge >= 0.3 is 0 Å². The molecule has 1 saturated carbocycles. The maximum Gasteiger partial charge on any atom is 0.0473 e. The highest BCUT2D eigenvalue weighted by Gasteiger charge is 2.20. The molecule has 3 rings (SSSR count). The summed E-state index contributed by atoms with van der Waals surface area (Å²) in [5.41, 5.74) is 2.63. The van der Waals surface area contributed by atoms with E-state index in [0.29, 0.717) is 0 Å². The lowest BCUT2D eigenvalue weighted by Crippen LogP contribution is -2.18. The molecule has 2 nitrogen and oxygen atoms in total. The molecule has 0 aliphatic heterocycles. The molecule has 1 fully saturated rings. The Morgan fingerprint density at radius 2 is 1.94 bits per heavy atom. The summed E-state index contributed by atoms with van der Waals surface area (Å²) in [5, 5.41) is 4.35. The van der Waals surface area contributed by atoms with Crippen LogP contribution >= 0.6 is 11.6 Å². The lowest BCUT2D eigenvalue weighted by atomic mass is 10.2. The van der Waals surface area contributed by atoms with E-state index in [1.54, 1.807) is 0 Å². The van der Waals surface area contributed by atoms with Gasteiger partial charge < -0.3 is 9.88 Å². The summed E-state index contributed by atoms with van der Waals surface area (Å²) in [4.78, 5) is 0. The quantitative estimate of drug-likeness (QED) is 0.871. The second-order valence-corrected chi connectivity index (χ2v) is 5.35. The standard InChI is InChI=1S/C15H17ClN2/c16-13-5-3-12(4-6-13)11-18-9-1-2-15(18)10-17-14-7-8-14/h1-6,9,14,17H,7-8,10-11H2. The Hall–Kier alpha value is -1.25. The summed E-state index contributed by atoms with van der Waals surface area (Å²) >= 11 is 5.90. The third kappa shape index (κ3) is 2.95. The van der Waals surface area contributed by atoms with Gasteiger partial charge in [0.05, 0.1) is 0 Å². The predicted molar refractivity (Wildman–Crippen MR) is 74.8 cm³/mol. The molecule has 3 heteroatoms. The number of aromatic nitrogens is 1. The Morgan fingerprint density at radius 3 is 2.67 bits per heavy atom. The molecule has 0 bridgehead atoms. The van der Waals surface area contributed by atoms with Crippen molar-refractivity contribution in [1.29, 1.82) is 0 Å². The first kappa shape index (κ1) is 11.8. The van der Waals surface area contributed by atoms with Crippen molar-refractivity contribution in [3.05, 3.63) is 58.9 Å². The molecule has 1 N–H and O–H groups in total. The highest BCUT2D eigenvalue weighted by atomic mass is 35.5. The van der Waals surface area contributed by atoms with Crippen LogP contribution in [-0.2, 0) is 13.1 Å². The van der Waals surface area contributed by atoms with Crippen LogP contribution in [0, 0.1) is 0 Å². The van der Waals surface area contributed by atoms with Crippen molar-refractivity contribution in [2.24, 2.45) is 0 Å². The van der Waals surface area contributed by atoms with Crippen molar-refractivity contribution < 1.29 is 0 Å². The van der Waals surface area contributed by atoms with Gasteiger partial charge in [-0.05, 0) is 42.7 Å². The molecule has 0 atom stereocenters.